The smallest absolute Gasteiger partial charge is 0.305 e. The summed E-state index contributed by atoms with van der Waals surface area (Å²) in [6, 6.07) is 20.3. The van der Waals surface area contributed by atoms with Crippen molar-refractivity contribution in [3.8, 4) is 71.6 Å². The number of nitriles is 8. The average molecular weight is 923 g/mol. The van der Waals surface area contributed by atoms with Gasteiger partial charge in [0.15, 0.2) is 0 Å². The van der Waals surface area contributed by atoms with Crippen molar-refractivity contribution in [2.24, 2.45) is 0 Å². The Bertz CT molecular complexity index is 2380. The van der Waals surface area contributed by atoms with Crippen LogP contribution in [0.5, 0.6) is 23.0 Å². The Morgan fingerprint density at radius 2 is 0.603 bits per heavy atom. The molecule has 0 unspecified atom stereocenters. The zero-order valence-electron chi connectivity index (χ0n) is 39.1. The van der Waals surface area contributed by atoms with Gasteiger partial charge in [-0.2, -0.15) is 42.1 Å². The first-order chi connectivity index (χ1) is 33.2. The van der Waals surface area contributed by atoms with Gasteiger partial charge in [0.1, 0.15) is 120 Å². The van der Waals surface area contributed by atoms with Gasteiger partial charge in [0, 0.05) is 33.7 Å². The van der Waals surface area contributed by atoms with E-state index in [4.69, 9.17) is 28.4 Å². The van der Waals surface area contributed by atoms with E-state index < -0.39 is 0 Å². The predicted molar refractivity (Wildman–Crippen MR) is 248 cm³/mol. The fraction of sp³-hybridized carbons (Fsp3) is 0.500. The highest BCUT2D eigenvalue weighted by molar-refractivity contribution is 5.78. The lowest BCUT2D eigenvalue weighted by Gasteiger charge is -2.13. The molecule has 68 heavy (non-hydrogen) atoms. The number of unbranched alkanes of at least 4 members (excludes halogenated alkanes) is 13. The molecule has 0 N–H and O–H groups in total. The van der Waals surface area contributed by atoms with E-state index in [1.54, 1.807) is 0 Å². The van der Waals surface area contributed by atoms with Gasteiger partial charge in [0.25, 0.3) is 0 Å². The molecule has 0 bridgehead atoms. The summed E-state index contributed by atoms with van der Waals surface area (Å²) in [6.45, 7) is 4.24. The minimum absolute atomic E-state index is 0.0478. The Morgan fingerprint density at radius 1 is 0.353 bits per heavy atom. The van der Waals surface area contributed by atoms with E-state index in [0.717, 1.165) is 89.9 Å². The third-order valence-corrected chi connectivity index (χ3v) is 10.4. The number of hydrogen-bond acceptors (Lipinski definition) is 16. The van der Waals surface area contributed by atoms with Gasteiger partial charge in [-0.15, -0.1) is 0 Å². The van der Waals surface area contributed by atoms with E-state index in [2.05, 4.69) is 13.8 Å². The number of benzene rings is 2. The maximum Gasteiger partial charge on any atom is 0.305 e. The molecule has 0 amide bonds. The van der Waals surface area contributed by atoms with Gasteiger partial charge in [-0.1, -0.05) is 90.9 Å². The first-order valence-electron chi connectivity index (χ1n) is 23.1. The third kappa shape index (κ3) is 20.0. The van der Waals surface area contributed by atoms with Gasteiger partial charge in [-0.25, -0.2) is 0 Å². The molecule has 0 aliphatic heterocycles. The van der Waals surface area contributed by atoms with Crippen LogP contribution in [0.2, 0.25) is 0 Å². The first kappa shape index (κ1) is 56.1. The summed E-state index contributed by atoms with van der Waals surface area (Å²) < 4.78 is 34.2. The highest BCUT2D eigenvalue weighted by Crippen LogP contribution is 2.16. The second kappa shape index (κ2) is 34.3. The van der Waals surface area contributed by atoms with Crippen LogP contribution < -0.4 is 39.8 Å². The first-order valence-corrected chi connectivity index (χ1v) is 23.1. The SMILES string of the molecule is CCCCCCCC(=O)OCCOc1cc(=C(C#N)C#N)c(OCCCCCCCCOc2cc(=C(C#N)C#N)c(OCCOC(=O)CCCCCCC)cc2=C(C#N)C#N)cc1=C(C#N)C#N. The summed E-state index contributed by atoms with van der Waals surface area (Å²) in [7, 11) is 0. The van der Waals surface area contributed by atoms with Crippen LogP contribution in [0.4, 0.5) is 0 Å². The fourth-order valence-corrected chi connectivity index (χ4v) is 6.74. The lowest BCUT2D eigenvalue weighted by molar-refractivity contribution is -0.145. The van der Waals surface area contributed by atoms with Crippen molar-refractivity contribution in [2.45, 2.75) is 129 Å². The molecule has 0 aromatic heterocycles. The number of hydrogen-bond donors (Lipinski definition) is 0. The molecule has 0 aliphatic carbocycles. The van der Waals surface area contributed by atoms with Crippen molar-refractivity contribution >= 4 is 34.2 Å². The van der Waals surface area contributed by atoms with Crippen molar-refractivity contribution < 1.29 is 38.0 Å². The molecule has 2 aromatic carbocycles. The Kier molecular flexibility index (Phi) is 28.3. The number of ether oxygens (including phenoxy) is 6. The molecule has 354 valence electrons. The van der Waals surface area contributed by atoms with E-state index in [1.807, 2.05) is 48.6 Å². The molecule has 0 heterocycles. The molecule has 0 saturated heterocycles. The Balaban J connectivity index is 2.04. The summed E-state index contributed by atoms with van der Waals surface area (Å²) in [5.41, 5.74) is -1.09. The summed E-state index contributed by atoms with van der Waals surface area (Å²) in [5, 5.41) is 78.1. The largest absolute Gasteiger partial charge is 0.493 e. The highest BCUT2D eigenvalue weighted by Gasteiger charge is 2.15. The Labute approximate surface area is 398 Å². The highest BCUT2D eigenvalue weighted by atomic mass is 16.6. The van der Waals surface area contributed by atoms with Crippen LogP contribution in [0.3, 0.4) is 0 Å². The molecule has 0 saturated carbocycles. The zero-order valence-corrected chi connectivity index (χ0v) is 39.1. The fourth-order valence-electron chi connectivity index (χ4n) is 6.74. The lowest BCUT2D eigenvalue weighted by atomic mass is 10.1. The van der Waals surface area contributed by atoms with Gasteiger partial charge in [-0.3, -0.25) is 9.59 Å². The minimum Gasteiger partial charge on any atom is -0.493 e. The van der Waals surface area contributed by atoms with Crippen molar-refractivity contribution in [1.82, 2.24) is 0 Å². The normalized spacial score (nSPS) is 9.85. The monoisotopic (exact) mass is 922 g/mol. The van der Waals surface area contributed by atoms with Gasteiger partial charge in [0.05, 0.1) is 13.2 Å². The van der Waals surface area contributed by atoms with Gasteiger partial charge in [-0.05, 0) is 49.9 Å². The quantitative estimate of drug-likeness (QED) is 0.0552. The van der Waals surface area contributed by atoms with Crippen molar-refractivity contribution in [3.63, 3.8) is 0 Å². The number of carbonyl (C=O) groups excluding carboxylic acids is 2. The van der Waals surface area contributed by atoms with Crippen LogP contribution in [0.15, 0.2) is 24.3 Å². The van der Waals surface area contributed by atoms with Crippen molar-refractivity contribution in [2.75, 3.05) is 39.6 Å². The van der Waals surface area contributed by atoms with Crippen LogP contribution >= 0.6 is 0 Å². The number of carbonyl (C=O) groups is 2. The van der Waals surface area contributed by atoms with Gasteiger partial charge < -0.3 is 28.4 Å². The van der Waals surface area contributed by atoms with Crippen molar-refractivity contribution in [3.05, 3.63) is 45.1 Å². The predicted octanol–water partition coefficient (Wildman–Crippen LogP) is 6.84. The molecule has 2 rings (SSSR count). The standard InChI is InChI=1S/C52H58N8O8/c1-3-5-7-11-15-19-51(61)67-25-23-65-49-29-43(39(31-53)32-54)47(27-45(49)41(35-57)36-58)63-21-17-13-9-10-14-18-22-64-48-28-46(42(37-59)38-60)50(30-44(48)40(33-55)34-56)66-24-26-68-52(62)20-16-12-8-6-4-2/h27-30H,3-26H2,1-2H3. The van der Waals surface area contributed by atoms with Gasteiger partial charge >= 0.3 is 11.9 Å². The molecule has 0 radical (unpaired) electrons. The summed E-state index contributed by atoms with van der Waals surface area (Å²) >= 11 is 0. The number of esters is 2. The van der Waals surface area contributed by atoms with Crippen LogP contribution in [0.1, 0.15) is 129 Å². The van der Waals surface area contributed by atoms with E-state index in [0.29, 0.717) is 12.8 Å². The molecule has 0 spiro atoms. The van der Waals surface area contributed by atoms with E-state index >= 15 is 0 Å². The third-order valence-electron chi connectivity index (χ3n) is 10.4. The lowest BCUT2D eigenvalue weighted by Crippen LogP contribution is -2.22. The van der Waals surface area contributed by atoms with Crippen LogP contribution in [-0.4, -0.2) is 51.6 Å². The minimum atomic E-state index is -0.361. The van der Waals surface area contributed by atoms with E-state index in [9.17, 15) is 51.7 Å². The maximum atomic E-state index is 12.2. The van der Waals surface area contributed by atoms with Gasteiger partial charge in [0.2, 0.25) is 0 Å². The second-order valence-corrected chi connectivity index (χ2v) is 15.4. The second-order valence-electron chi connectivity index (χ2n) is 15.4. The molecule has 0 aliphatic rings. The number of rotatable bonds is 31. The van der Waals surface area contributed by atoms with Crippen LogP contribution in [0.25, 0.3) is 22.3 Å². The van der Waals surface area contributed by atoms with E-state index in [1.165, 1.54) is 24.3 Å². The average Bonchev–Trinajstić information content (AvgIpc) is 3.35. The summed E-state index contributed by atoms with van der Waals surface area (Å²) in [6.07, 6.45) is 14.7. The maximum absolute atomic E-state index is 12.2. The van der Waals surface area contributed by atoms with E-state index in [-0.39, 0.29) is 131 Å². The molecule has 0 atom stereocenters. The molecule has 2 aromatic rings. The molecule has 0 fully saturated rings. The van der Waals surface area contributed by atoms with Crippen LogP contribution in [0, 0.1) is 90.6 Å². The Hall–Kier alpha value is -8.02. The molecule has 16 nitrogen and oxygen atoms in total. The molecular weight excluding hydrogens is 865 g/mol. The molecule has 16 heteroatoms. The van der Waals surface area contributed by atoms with Crippen LogP contribution in [-0.2, 0) is 19.1 Å². The number of nitrogens with zero attached hydrogens (tertiary/aromatic N) is 8. The Morgan fingerprint density at radius 3 is 0.882 bits per heavy atom. The molecular formula is C52H58N8O8. The summed E-state index contributed by atoms with van der Waals surface area (Å²) in [4.78, 5) is 24.3. The topological polar surface area (TPSA) is 280 Å². The van der Waals surface area contributed by atoms with Crippen molar-refractivity contribution in [1.29, 1.82) is 42.1 Å². The zero-order chi connectivity index (χ0) is 49.8. The summed E-state index contributed by atoms with van der Waals surface area (Å²) in [5.74, 6) is -0.387.